The van der Waals surface area contributed by atoms with Gasteiger partial charge < -0.3 is 0 Å². The van der Waals surface area contributed by atoms with Crippen molar-refractivity contribution in [3.8, 4) is 0 Å². The van der Waals surface area contributed by atoms with Crippen molar-refractivity contribution in [3.05, 3.63) is 0 Å². The van der Waals surface area contributed by atoms with Gasteiger partial charge in [-0.05, 0) is 19.3 Å². The molecule has 2 bridgehead atoms. The molecule has 0 aliphatic carbocycles. The van der Waals surface area contributed by atoms with Crippen molar-refractivity contribution in [2.24, 2.45) is 0 Å². The van der Waals surface area contributed by atoms with Gasteiger partial charge in [0.2, 0.25) is 0 Å². The minimum atomic E-state index is 0.189. The van der Waals surface area contributed by atoms with Gasteiger partial charge in [0.05, 0.1) is 0 Å². The monoisotopic (exact) mass is 115 g/mol. The fraction of sp³-hybridized carbons (Fsp3) is 1.00. The average Bonchev–Trinajstić information content (AvgIpc) is 2.12. The summed E-state index contributed by atoms with van der Waals surface area (Å²) in [4.78, 5) is 9.73. The Morgan fingerprint density at radius 2 is 1.75 bits per heavy atom. The first-order valence-electron chi connectivity index (χ1n) is 3.03. The number of fused-ring (bicyclic) bond motifs is 2. The molecule has 0 saturated carbocycles. The van der Waals surface area contributed by atoms with Crippen LogP contribution >= 0.6 is 0 Å². The third-order valence-electron chi connectivity index (χ3n) is 1.59. The van der Waals surface area contributed by atoms with E-state index in [4.69, 9.17) is 9.78 Å². The van der Waals surface area contributed by atoms with Crippen molar-refractivity contribution >= 4 is 0 Å². The molecular weight excluding hydrogens is 106 g/mol. The van der Waals surface area contributed by atoms with Gasteiger partial charge in [-0.25, -0.2) is 9.78 Å². The smallest absolute Gasteiger partial charge is 0.145 e. The van der Waals surface area contributed by atoms with E-state index in [9.17, 15) is 0 Å². The SMILES string of the molecule is C1CC2NC(C1)OO2. The number of hydrogen-bond donors (Lipinski definition) is 1. The molecule has 0 aromatic heterocycles. The van der Waals surface area contributed by atoms with Gasteiger partial charge >= 0.3 is 0 Å². The van der Waals surface area contributed by atoms with Crippen LogP contribution in [0.5, 0.6) is 0 Å². The van der Waals surface area contributed by atoms with Gasteiger partial charge in [-0.1, -0.05) is 0 Å². The van der Waals surface area contributed by atoms with Crippen molar-refractivity contribution < 1.29 is 9.78 Å². The highest BCUT2D eigenvalue weighted by atomic mass is 17.2. The minimum Gasteiger partial charge on any atom is -0.261 e. The highest BCUT2D eigenvalue weighted by Crippen LogP contribution is 2.20. The van der Waals surface area contributed by atoms with Crippen molar-refractivity contribution in [2.45, 2.75) is 31.7 Å². The molecule has 46 valence electrons. The number of nitrogens with one attached hydrogen (secondary N) is 1. The Kier molecular flexibility index (Phi) is 0.997. The van der Waals surface area contributed by atoms with Crippen LogP contribution in [0.4, 0.5) is 0 Å². The summed E-state index contributed by atoms with van der Waals surface area (Å²) < 4.78 is 0. The molecule has 0 aromatic carbocycles. The fourth-order valence-electron chi connectivity index (χ4n) is 1.15. The Balaban J connectivity index is 2.03. The molecule has 2 aliphatic rings. The predicted octanol–water partition coefficient (Wildman–Crippen LogP) is 0.374. The molecule has 0 amide bonds. The molecule has 2 heterocycles. The zero-order valence-corrected chi connectivity index (χ0v) is 4.59. The van der Waals surface area contributed by atoms with E-state index in [2.05, 4.69) is 5.32 Å². The number of rotatable bonds is 0. The molecule has 0 radical (unpaired) electrons. The second-order valence-electron chi connectivity index (χ2n) is 2.27. The first kappa shape index (κ1) is 4.73. The lowest BCUT2D eigenvalue weighted by molar-refractivity contribution is -0.290. The Morgan fingerprint density at radius 3 is 2.25 bits per heavy atom. The van der Waals surface area contributed by atoms with E-state index in [1.807, 2.05) is 0 Å². The Morgan fingerprint density at radius 1 is 1.12 bits per heavy atom. The molecule has 2 fully saturated rings. The average molecular weight is 115 g/mol. The van der Waals surface area contributed by atoms with E-state index in [0.717, 1.165) is 12.8 Å². The van der Waals surface area contributed by atoms with Crippen LogP contribution in [0, 0.1) is 0 Å². The molecule has 3 nitrogen and oxygen atoms in total. The van der Waals surface area contributed by atoms with Gasteiger partial charge in [-0.3, -0.25) is 5.32 Å². The van der Waals surface area contributed by atoms with Crippen molar-refractivity contribution in [1.29, 1.82) is 0 Å². The molecule has 0 aromatic rings. The minimum absolute atomic E-state index is 0.189. The Bertz CT molecular complexity index is 82.4. The van der Waals surface area contributed by atoms with Crippen LogP contribution in [0.1, 0.15) is 19.3 Å². The summed E-state index contributed by atoms with van der Waals surface area (Å²) in [6, 6.07) is 0. The number of piperidine rings is 1. The van der Waals surface area contributed by atoms with Gasteiger partial charge in [0.25, 0.3) is 0 Å². The molecule has 8 heavy (non-hydrogen) atoms. The lowest BCUT2D eigenvalue weighted by Gasteiger charge is -2.13. The van der Waals surface area contributed by atoms with E-state index in [0.29, 0.717) is 0 Å². The van der Waals surface area contributed by atoms with Crippen LogP contribution in [-0.2, 0) is 9.78 Å². The van der Waals surface area contributed by atoms with Crippen molar-refractivity contribution in [1.82, 2.24) is 5.32 Å². The van der Waals surface area contributed by atoms with Gasteiger partial charge in [-0.2, -0.15) is 0 Å². The molecule has 2 saturated heterocycles. The standard InChI is InChI=1S/C5H9NO2/c1-2-4-6-5(3-1)8-7-4/h4-6H,1-3H2. The van der Waals surface area contributed by atoms with Gasteiger partial charge in [0, 0.05) is 0 Å². The Labute approximate surface area is 47.9 Å². The predicted molar refractivity (Wildman–Crippen MR) is 26.7 cm³/mol. The van der Waals surface area contributed by atoms with Gasteiger partial charge in [0.1, 0.15) is 12.5 Å². The summed E-state index contributed by atoms with van der Waals surface area (Å²) in [7, 11) is 0. The highest BCUT2D eigenvalue weighted by molar-refractivity contribution is 4.70. The highest BCUT2D eigenvalue weighted by Gasteiger charge is 2.29. The molecule has 1 N–H and O–H groups in total. The maximum Gasteiger partial charge on any atom is 0.145 e. The van der Waals surface area contributed by atoms with Crippen molar-refractivity contribution in [3.63, 3.8) is 0 Å². The lowest BCUT2D eigenvalue weighted by atomic mass is 10.1. The third-order valence-corrected chi connectivity index (χ3v) is 1.59. The third kappa shape index (κ3) is 0.632. The summed E-state index contributed by atoms with van der Waals surface area (Å²) >= 11 is 0. The Hall–Kier alpha value is -0.120. The van der Waals surface area contributed by atoms with Crippen LogP contribution in [0.3, 0.4) is 0 Å². The second kappa shape index (κ2) is 1.69. The maximum atomic E-state index is 4.87. The first-order valence-corrected chi connectivity index (χ1v) is 3.03. The van der Waals surface area contributed by atoms with Crippen LogP contribution in [0.2, 0.25) is 0 Å². The van der Waals surface area contributed by atoms with Gasteiger partial charge in [-0.15, -0.1) is 0 Å². The fourth-order valence-corrected chi connectivity index (χ4v) is 1.15. The topological polar surface area (TPSA) is 30.5 Å². The van der Waals surface area contributed by atoms with Crippen molar-refractivity contribution in [2.75, 3.05) is 0 Å². The largest absolute Gasteiger partial charge is 0.261 e. The molecular formula is C5H9NO2. The number of hydrogen-bond acceptors (Lipinski definition) is 3. The summed E-state index contributed by atoms with van der Waals surface area (Å²) in [6.45, 7) is 0. The first-order chi connectivity index (χ1) is 3.95. The summed E-state index contributed by atoms with van der Waals surface area (Å²) in [5, 5.41) is 3.15. The molecule has 3 heteroatoms. The van der Waals surface area contributed by atoms with Crippen LogP contribution in [0.15, 0.2) is 0 Å². The normalized spacial score (nSPS) is 45.0. The maximum absolute atomic E-state index is 4.87. The molecule has 2 unspecified atom stereocenters. The molecule has 2 atom stereocenters. The van der Waals surface area contributed by atoms with Gasteiger partial charge in [0.15, 0.2) is 0 Å². The molecule has 2 aliphatic heterocycles. The van der Waals surface area contributed by atoms with Crippen LogP contribution in [-0.4, -0.2) is 12.5 Å². The zero-order chi connectivity index (χ0) is 5.40. The van der Waals surface area contributed by atoms with E-state index < -0.39 is 0 Å². The summed E-state index contributed by atoms with van der Waals surface area (Å²) in [5.74, 6) is 0. The zero-order valence-electron chi connectivity index (χ0n) is 4.59. The van der Waals surface area contributed by atoms with E-state index >= 15 is 0 Å². The van der Waals surface area contributed by atoms with E-state index in [1.54, 1.807) is 0 Å². The molecule has 0 spiro atoms. The quantitative estimate of drug-likeness (QED) is 0.463. The van der Waals surface area contributed by atoms with Crippen LogP contribution < -0.4 is 5.32 Å². The second-order valence-corrected chi connectivity index (χ2v) is 2.27. The summed E-state index contributed by atoms with van der Waals surface area (Å²) in [5.41, 5.74) is 0. The van der Waals surface area contributed by atoms with E-state index in [-0.39, 0.29) is 12.5 Å². The molecule has 2 rings (SSSR count). The lowest BCUT2D eigenvalue weighted by Crippen LogP contribution is -2.34. The van der Waals surface area contributed by atoms with E-state index in [1.165, 1.54) is 6.42 Å². The summed E-state index contributed by atoms with van der Waals surface area (Å²) in [6.07, 6.45) is 3.79. The van der Waals surface area contributed by atoms with Crippen LogP contribution in [0.25, 0.3) is 0 Å².